The third kappa shape index (κ3) is 3.99. The van der Waals surface area contributed by atoms with Gasteiger partial charge in [0.2, 0.25) is 5.82 Å². The van der Waals surface area contributed by atoms with Crippen molar-refractivity contribution >= 4 is 0 Å². The second-order valence-electron chi connectivity index (χ2n) is 4.77. The Balaban J connectivity index is 2.05. The number of ether oxygens (including phenoxy) is 1. The minimum atomic E-state index is -0.282. The van der Waals surface area contributed by atoms with E-state index in [9.17, 15) is 4.39 Å². The van der Waals surface area contributed by atoms with Gasteiger partial charge in [-0.1, -0.05) is 13.8 Å². The van der Waals surface area contributed by atoms with Crippen LogP contribution in [0.25, 0.3) is 0 Å². The number of benzene rings is 1. The van der Waals surface area contributed by atoms with Gasteiger partial charge in [-0.25, -0.2) is 4.39 Å². The fraction of sp³-hybridized carbons (Fsp3) is 0.462. The van der Waals surface area contributed by atoms with E-state index in [-0.39, 0.29) is 12.4 Å². The van der Waals surface area contributed by atoms with Crippen molar-refractivity contribution in [2.75, 3.05) is 0 Å². The smallest absolute Gasteiger partial charge is 0.212 e. The summed E-state index contributed by atoms with van der Waals surface area (Å²) in [5.74, 6) is 0.821. The number of aryl methyl sites for hydroxylation is 1. The SMILES string of the molecule is CC(C)NCc1cc(F)ccc1OCc1nnn(C)n1. The lowest BCUT2D eigenvalue weighted by Gasteiger charge is -2.13. The minimum absolute atomic E-state index is 0.203. The molecule has 0 fully saturated rings. The van der Waals surface area contributed by atoms with E-state index in [0.717, 1.165) is 5.56 Å². The molecule has 0 aliphatic rings. The largest absolute Gasteiger partial charge is 0.485 e. The summed E-state index contributed by atoms with van der Waals surface area (Å²) in [6.45, 7) is 4.80. The molecule has 0 amide bonds. The van der Waals surface area contributed by atoms with Gasteiger partial charge in [0.15, 0.2) is 6.61 Å². The Bertz CT molecular complexity index is 570. The van der Waals surface area contributed by atoms with E-state index in [4.69, 9.17) is 4.74 Å². The summed E-state index contributed by atoms with van der Waals surface area (Å²) in [5.41, 5.74) is 0.766. The summed E-state index contributed by atoms with van der Waals surface area (Å²) < 4.78 is 19.0. The first-order valence-electron chi connectivity index (χ1n) is 6.42. The van der Waals surface area contributed by atoms with Gasteiger partial charge < -0.3 is 10.1 Å². The lowest BCUT2D eigenvalue weighted by atomic mass is 10.2. The standard InChI is InChI=1S/C13H18FN5O/c1-9(2)15-7-10-6-11(14)4-5-12(10)20-8-13-16-18-19(3)17-13/h4-6,9,15H,7-8H2,1-3H3. The Morgan fingerprint density at radius 3 is 2.85 bits per heavy atom. The van der Waals surface area contributed by atoms with Crippen molar-refractivity contribution in [2.24, 2.45) is 7.05 Å². The normalized spacial score (nSPS) is 11.1. The molecule has 0 bridgehead atoms. The van der Waals surface area contributed by atoms with Gasteiger partial charge in [-0.05, 0) is 23.4 Å². The first-order valence-corrected chi connectivity index (χ1v) is 6.42. The zero-order valence-electron chi connectivity index (χ0n) is 11.8. The Hall–Kier alpha value is -2.02. The van der Waals surface area contributed by atoms with Crippen molar-refractivity contribution in [3.63, 3.8) is 0 Å². The Labute approximate surface area is 116 Å². The zero-order chi connectivity index (χ0) is 14.5. The second-order valence-corrected chi connectivity index (χ2v) is 4.77. The second kappa shape index (κ2) is 6.42. The molecule has 2 aromatic rings. The predicted molar refractivity (Wildman–Crippen MR) is 71.5 cm³/mol. The fourth-order valence-electron chi connectivity index (χ4n) is 1.66. The molecule has 0 aliphatic heterocycles. The molecule has 6 nitrogen and oxygen atoms in total. The molecule has 0 saturated carbocycles. The van der Waals surface area contributed by atoms with Crippen molar-refractivity contribution in [3.05, 3.63) is 35.4 Å². The highest BCUT2D eigenvalue weighted by Crippen LogP contribution is 2.20. The summed E-state index contributed by atoms with van der Waals surface area (Å²) in [6.07, 6.45) is 0. The number of halogens is 1. The highest BCUT2D eigenvalue weighted by atomic mass is 19.1. The van der Waals surface area contributed by atoms with Gasteiger partial charge in [0.25, 0.3) is 0 Å². The quantitative estimate of drug-likeness (QED) is 0.866. The zero-order valence-corrected chi connectivity index (χ0v) is 11.8. The Kier molecular flexibility index (Phi) is 4.62. The van der Waals surface area contributed by atoms with Crippen LogP contribution in [0.5, 0.6) is 5.75 Å². The molecule has 7 heteroatoms. The van der Waals surface area contributed by atoms with Gasteiger partial charge >= 0.3 is 0 Å². The number of rotatable bonds is 6. The predicted octanol–water partition coefficient (Wildman–Crippen LogP) is 1.43. The van der Waals surface area contributed by atoms with Crippen LogP contribution >= 0.6 is 0 Å². The van der Waals surface area contributed by atoms with Gasteiger partial charge in [-0.2, -0.15) is 4.80 Å². The van der Waals surface area contributed by atoms with Crippen molar-refractivity contribution in [3.8, 4) is 5.75 Å². The first-order chi connectivity index (χ1) is 9.54. The lowest BCUT2D eigenvalue weighted by molar-refractivity contribution is 0.290. The summed E-state index contributed by atoms with van der Waals surface area (Å²) in [4.78, 5) is 1.37. The topological polar surface area (TPSA) is 64.9 Å². The molecular weight excluding hydrogens is 261 g/mol. The first kappa shape index (κ1) is 14.4. The van der Waals surface area contributed by atoms with Crippen LogP contribution < -0.4 is 10.1 Å². The van der Waals surface area contributed by atoms with Crippen LogP contribution in [0.4, 0.5) is 4.39 Å². The van der Waals surface area contributed by atoms with Crippen LogP contribution in [-0.4, -0.2) is 26.2 Å². The van der Waals surface area contributed by atoms with Crippen LogP contribution in [0, 0.1) is 5.82 Å². The third-order valence-electron chi connectivity index (χ3n) is 2.63. The Morgan fingerprint density at radius 2 is 2.20 bits per heavy atom. The summed E-state index contributed by atoms with van der Waals surface area (Å²) in [7, 11) is 1.69. The summed E-state index contributed by atoms with van der Waals surface area (Å²) >= 11 is 0. The molecule has 20 heavy (non-hydrogen) atoms. The van der Waals surface area contributed by atoms with Gasteiger partial charge in [0.1, 0.15) is 11.6 Å². The Morgan fingerprint density at radius 1 is 1.40 bits per heavy atom. The van der Waals surface area contributed by atoms with E-state index in [2.05, 4.69) is 20.7 Å². The van der Waals surface area contributed by atoms with Crippen molar-refractivity contribution in [1.82, 2.24) is 25.5 Å². The summed E-state index contributed by atoms with van der Waals surface area (Å²) in [5, 5.41) is 14.8. The van der Waals surface area contributed by atoms with Gasteiger partial charge in [-0.15, -0.1) is 10.2 Å². The molecule has 1 aromatic carbocycles. The number of hydrogen-bond donors (Lipinski definition) is 1. The molecular formula is C13H18FN5O. The average Bonchev–Trinajstić information content (AvgIpc) is 2.81. The molecule has 0 spiro atoms. The maximum absolute atomic E-state index is 13.3. The molecule has 0 unspecified atom stereocenters. The molecule has 2 rings (SSSR count). The molecule has 0 radical (unpaired) electrons. The van der Waals surface area contributed by atoms with Crippen molar-refractivity contribution in [1.29, 1.82) is 0 Å². The lowest BCUT2D eigenvalue weighted by Crippen LogP contribution is -2.22. The third-order valence-corrected chi connectivity index (χ3v) is 2.63. The monoisotopic (exact) mass is 279 g/mol. The number of nitrogens with one attached hydrogen (secondary N) is 1. The van der Waals surface area contributed by atoms with Crippen LogP contribution in [0.1, 0.15) is 25.2 Å². The van der Waals surface area contributed by atoms with Crippen molar-refractivity contribution < 1.29 is 9.13 Å². The van der Waals surface area contributed by atoms with Crippen LogP contribution in [0.2, 0.25) is 0 Å². The maximum atomic E-state index is 13.3. The van der Waals surface area contributed by atoms with Gasteiger partial charge in [0.05, 0.1) is 7.05 Å². The van der Waals surface area contributed by atoms with E-state index < -0.39 is 0 Å². The minimum Gasteiger partial charge on any atom is -0.485 e. The number of nitrogens with zero attached hydrogens (tertiary/aromatic N) is 4. The van der Waals surface area contributed by atoms with E-state index in [1.54, 1.807) is 13.1 Å². The molecule has 108 valence electrons. The number of hydrogen-bond acceptors (Lipinski definition) is 5. The number of tetrazole rings is 1. The van der Waals surface area contributed by atoms with Crippen LogP contribution in [0.15, 0.2) is 18.2 Å². The van der Waals surface area contributed by atoms with Gasteiger partial charge in [0, 0.05) is 18.2 Å². The van der Waals surface area contributed by atoms with Crippen LogP contribution in [-0.2, 0) is 20.2 Å². The van der Waals surface area contributed by atoms with E-state index in [1.807, 2.05) is 13.8 Å². The van der Waals surface area contributed by atoms with E-state index in [0.29, 0.717) is 24.2 Å². The molecule has 1 heterocycles. The number of aromatic nitrogens is 4. The molecule has 0 saturated heterocycles. The van der Waals surface area contributed by atoms with Crippen molar-refractivity contribution in [2.45, 2.75) is 33.0 Å². The molecule has 1 aromatic heterocycles. The summed E-state index contributed by atoms with van der Waals surface area (Å²) in [6, 6.07) is 4.77. The average molecular weight is 279 g/mol. The maximum Gasteiger partial charge on any atom is 0.212 e. The molecule has 0 aliphatic carbocycles. The fourth-order valence-corrected chi connectivity index (χ4v) is 1.66. The molecule has 0 atom stereocenters. The van der Waals surface area contributed by atoms with E-state index >= 15 is 0 Å². The molecule has 1 N–H and O–H groups in total. The highest BCUT2D eigenvalue weighted by molar-refractivity contribution is 5.34. The van der Waals surface area contributed by atoms with E-state index in [1.165, 1.54) is 16.9 Å². The van der Waals surface area contributed by atoms with Gasteiger partial charge in [-0.3, -0.25) is 0 Å². The van der Waals surface area contributed by atoms with Crippen LogP contribution in [0.3, 0.4) is 0 Å². The highest BCUT2D eigenvalue weighted by Gasteiger charge is 2.08.